The highest BCUT2D eigenvalue weighted by Gasteiger charge is 2.10. The molecule has 0 saturated carbocycles. The highest BCUT2D eigenvalue weighted by molar-refractivity contribution is 8.00. The second kappa shape index (κ2) is 8.82. The fraction of sp³-hybridized carbons (Fsp3) is 0.562. The molecule has 1 atom stereocenters. The van der Waals surface area contributed by atoms with Crippen LogP contribution in [-0.4, -0.2) is 24.8 Å². The Bertz CT molecular complexity index is 464. The normalized spacial score (nSPS) is 12.2. The number of nitrogens with two attached hydrogens (primary N) is 1. The second-order valence-electron chi connectivity index (χ2n) is 5.64. The van der Waals surface area contributed by atoms with E-state index >= 15 is 0 Å². The molecule has 1 aromatic carbocycles. The van der Waals surface area contributed by atoms with Crippen LogP contribution in [-0.2, 0) is 4.79 Å². The Balaban J connectivity index is 2.42. The first kappa shape index (κ1) is 17.7. The Morgan fingerprint density at radius 3 is 2.67 bits per heavy atom. The SMILES string of the molecule is COc1cc(N)ccc1SCC(=O)NC(C)CCC(C)C. The molecule has 1 aromatic rings. The number of carbonyl (C=O) groups is 1. The van der Waals surface area contributed by atoms with Crippen LogP contribution in [0.3, 0.4) is 0 Å². The average molecular weight is 310 g/mol. The van der Waals surface area contributed by atoms with E-state index in [0.29, 0.717) is 23.1 Å². The van der Waals surface area contributed by atoms with Gasteiger partial charge in [0.25, 0.3) is 0 Å². The Morgan fingerprint density at radius 2 is 2.05 bits per heavy atom. The number of thioether (sulfide) groups is 1. The molecular weight excluding hydrogens is 284 g/mol. The number of hydrogen-bond donors (Lipinski definition) is 2. The van der Waals surface area contributed by atoms with Crippen molar-refractivity contribution in [2.45, 2.75) is 44.6 Å². The maximum Gasteiger partial charge on any atom is 0.230 e. The number of nitrogens with one attached hydrogen (secondary N) is 1. The number of carbonyl (C=O) groups excluding carboxylic acids is 1. The van der Waals surface area contributed by atoms with Crippen LogP contribution in [0.1, 0.15) is 33.6 Å². The van der Waals surface area contributed by atoms with Crippen molar-refractivity contribution >= 4 is 23.4 Å². The molecule has 0 spiro atoms. The maximum atomic E-state index is 11.9. The quantitative estimate of drug-likeness (QED) is 0.571. The molecule has 0 aliphatic rings. The van der Waals surface area contributed by atoms with E-state index in [1.165, 1.54) is 11.8 Å². The standard InChI is InChI=1S/C16H26N2O2S/c1-11(2)5-6-12(3)18-16(19)10-21-15-8-7-13(17)9-14(15)20-4/h7-9,11-12H,5-6,10,17H2,1-4H3,(H,18,19). The fourth-order valence-corrected chi connectivity index (χ4v) is 2.74. The van der Waals surface area contributed by atoms with Crippen molar-refractivity contribution in [1.82, 2.24) is 5.32 Å². The predicted octanol–water partition coefficient (Wildman–Crippen LogP) is 3.31. The molecule has 0 aliphatic heterocycles. The van der Waals surface area contributed by atoms with Crippen LogP contribution in [0.5, 0.6) is 5.75 Å². The summed E-state index contributed by atoms with van der Waals surface area (Å²) in [6.45, 7) is 6.43. The number of methoxy groups -OCH3 is 1. The van der Waals surface area contributed by atoms with Crippen LogP contribution >= 0.6 is 11.8 Å². The van der Waals surface area contributed by atoms with Gasteiger partial charge >= 0.3 is 0 Å². The van der Waals surface area contributed by atoms with E-state index in [4.69, 9.17) is 10.5 Å². The monoisotopic (exact) mass is 310 g/mol. The minimum absolute atomic E-state index is 0.0511. The molecular formula is C16H26N2O2S. The molecule has 3 N–H and O–H groups in total. The summed E-state index contributed by atoms with van der Waals surface area (Å²) in [6, 6.07) is 5.68. The largest absolute Gasteiger partial charge is 0.496 e. The number of benzene rings is 1. The molecule has 0 aliphatic carbocycles. The fourth-order valence-electron chi connectivity index (χ4n) is 1.92. The van der Waals surface area contributed by atoms with E-state index in [9.17, 15) is 4.79 Å². The van der Waals surface area contributed by atoms with E-state index in [1.807, 2.05) is 12.1 Å². The lowest BCUT2D eigenvalue weighted by Gasteiger charge is -2.15. The highest BCUT2D eigenvalue weighted by atomic mass is 32.2. The molecule has 0 fully saturated rings. The third-order valence-electron chi connectivity index (χ3n) is 3.13. The van der Waals surface area contributed by atoms with E-state index in [-0.39, 0.29) is 11.9 Å². The lowest BCUT2D eigenvalue weighted by atomic mass is 10.0. The van der Waals surface area contributed by atoms with Crippen LogP contribution in [0.15, 0.2) is 23.1 Å². The molecule has 0 saturated heterocycles. The minimum Gasteiger partial charge on any atom is -0.496 e. The van der Waals surface area contributed by atoms with E-state index < -0.39 is 0 Å². The molecule has 0 bridgehead atoms. The molecule has 1 rings (SSSR count). The summed E-state index contributed by atoms with van der Waals surface area (Å²) in [5, 5.41) is 3.03. The number of nitrogen functional groups attached to an aromatic ring is 1. The Kier molecular flexibility index (Phi) is 7.43. The molecule has 1 unspecified atom stereocenters. The maximum absolute atomic E-state index is 11.9. The van der Waals surface area contributed by atoms with E-state index in [0.717, 1.165) is 17.7 Å². The zero-order chi connectivity index (χ0) is 15.8. The van der Waals surface area contributed by atoms with Gasteiger partial charge in [-0.25, -0.2) is 0 Å². The Morgan fingerprint density at radius 1 is 1.33 bits per heavy atom. The van der Waals surface area contributed by atoms with Gasteiger partial charge in [-0.1, -0.05) is 13.8 Å². The van der Waals surface area contributed by atoms with Crippen molar-refractivity contribution in [3.05, 3.63) is 18.2 Å². The number of hydrogen-bond acceptors (Lipinski definition) is 4. The van der Waals surface area contributed by atoms with Gasteiger partial charge in [-0.3, -0.25) is 4.79 Å². The van der Waals surface area contributed by atoms with Gasteiger partial charge in [-0.15, -0.1) is 11.8 Å². The predicted molar refractivity (Wildman–Crippen MR) is 89.8 cm³/mol. The zero-order valence-electron chi connectivity index (χ0n) is 13.3. The van der Waals surface area contributed by atoms with Crippen molar-refractivity contribution in [3.63, 3.8) is 0 Å². The molecule has 0 aromatic heterocycles. The number of anilines is 1. The second-order valence-corrected chi connectivity index (χ2v) is 6.66. The van der Waals surface area contributed by atoms with Crippen molar-refractivity contribution in [3.8, 4) is 5.75 Å². The summed E-state index contributed by atoms with van der Waals surface area (Å²) in [5.41, 5.74) is 6.37. The van der Waals surface area contributed by atoms with E-state index in [1.54, 1.807) is 13.2 Å². The third-order valence-corrected chi connectivity index (χ3v) is 4.19. The number of ether oxygens (including phenoxy) is 1. The van der Waals surface area contributed by atoms with Gasteiger partial charge in [0.1, 0.15) is 5.75 Å². The van der Waals surface area contributed by atoms with Crippen LogP contribution in [0.4, 0.5) is 5.69 Å². The van der Waals surface area contributed by atoms with Gasteiger partial charge < -0.3 is 15.8 Å². The summed E-state index contributed by atoms with van der Waals surface area (Å²) in [7, 11) is 1.60. The Hall–Kier alpha value is -1.36. The summed E-state index contributed by atoms with van der Waals surface area (Å²) in [4.78, 5) is 12.9. The molecule has 0 radical (unpaired) electrons. The molecule has 0 heterocycles. The topological polar surface area (TPSA) is 64.3 Å². The van der Waals surface area contributed by atoms with Crippen LogP contribution in [0.2, 0.25) is 0 Å². The molecule has 1 amide bonds. The summed E-state index contributed by atoms with van der Waals surface area (Å²) < 4.78 is 5.27. The lowest BCUT2D eigenvalue weighted by molar-refractivity contribution is -0.119. The van der Waals surface area contributed by atoms with E-state index in [2.05, 4.69) is 26.1 Å². The third kappa shape index (κ3) is 6.76. The van der Waals surface area contributed by atoms with Gasteiger partial charge in [-0.2, -0.15) is 0 Å². The van der Waals surface area contributed by atoms with Gasteiger partial charge in [0.15, 0.2) is 0 Å². The van der Waals surface area contributed by atoms with Crippen molar-refractivity contribution < 1.29 is 9.53 Å². The van der Waals surface area contributed by atoms with Gasteiger partial charge in [0.05, 0.1) is 12.9 Å². The zero-order valence-corrected chi connectivity index (χ0v) is 14.1. The van der Waals surface area contributed by atoms with Crippen LogP contribution in [0, 0.1) is 5.92 Å². The summed E-state index contributed by atoms with van der Waals surface area (Å²) in [5.74, 6) is 1.81. The van der Waals surface area contributed by atoms with Crippen molar-refractivity contribution in [1.29, 1.82) is 0 Å². The summed E-state index contributed by atoms with van der Waals surface area (Å²) >= 11 is 1.46. The first-order valence-electron chi connectivity index (χ1n) is 7.28. The molecule has 118 valence electrons. The van der Waals surface area contributed by atoms with Crippen LogP contribution < -0.4 is 15.8 Å². The van der Waals surface area contributed by atoms with Gasteiger partial charge in [0.2, 0.25) is 5.91 Å². The minimum atomic E-state index is 0.0511. The highest BCUT2D eigenvalue weighted by Crippen LogP contribution is 2.30. The Labute approximate surface area is 131 Å². The smallest absolute Gasteiger partial charge is 0.230 e. The molecule has 21 heavy (non-hydrogen) atoms. The summed E-state index contributed by atoms with van der Waals surface area (Å²) in [6.07, 6.45) is 2.14. The lowest BCUT2D eigenvalue weighted by Crippen LogP contribution is -2.34. The first-order chi connectivity index (χ1) is 9.92. The van der Waals surface area contributed by atoms with Crippen LogP contribution in [0.25, 0.3) is 0 Å². The van der Waals surface area contributed by atoms with Gasteiger partial charge in [-0.05, 0) is 37.8 Å². The number of amides is 1. The van der Waals surface area contributed by atoms with Gasteiger partial charge in [0, 0.05) is 22.7 Å². The average Bonchev–Trinajstić information content (AvgIpc) is 2.43. The van der Waals surface area contributed by atoms with Crippen molar-refractivity contribution in [2.75, 3.05) is 18.6 Å². The number of rotatable bonds is 8. The first-order valence-corrected chi connectivity index (χ1v) is 8.26. The van der Waals surface area contributed by atoms with Crippen molar-refractivity contribution in [2.24, 2.45) is 5.92 Å². The molecule has 4 nitrogen and oxygen atoms in total. The molecule has 5 heteroatoms.